The van der Waals surface area contributed by atoms with Gasteiger partial charge in [-0.25, -0.2) is 14.5 Å². The molecular weight excluding hydrogens is 451 g/mol. The first kappa shape index (κ1) is 23.2. The number of amides is 1. The van der Waals surface area contributed by atoms with Crippen molar-refractivity contribution >= 4 is 34.5 Å². The molecule has 2 aliphatic carbocycles. The fraction of sp³-hybridized carbons (Fsp3) is 0.458. The van der Waals surface area contributed by atoms with Crippen LogP contribution in [0.25, 0.3) is 5.65 Å². The Balaban J connectivity index is 1.35. The molecule has 0 atom stereocenters. The summed E-state index contributed by atoms with van der Waals surface area (Å²) in [6, 6.07) is 5.21. The quantitative estimate of drug-likeness (QED) is 0.343. The van der Waals surface area contributed by atoms with E-state index in [1.807, 2.05) is 6.07 Å². The number of hydrogen-bond donors (Lipinski definition) is 4. The number of carbonyl (C=O) groups is 2. The summed E-state index contributed by atoms with van der Waals surface area (Å²) in [4.78, 5) is 32.6. The van der Waals surface area contributed by atoms with Crippen molar-refractivity contribution in [2.45, 2.75) is 57.0 Å². The second-order valence-corrected chi connectivity index (χ2v) is 9.37. The van der Waals surface area contributed by atoms with Gasteiger partial charge in [0.15, 0.2) is 11.3 Å². The molecule has 11 heteroatoms. The zero-order chi connectivity index (χ0) is 24.4. The Morgan fingerprint density at radius 3 is 2.51 bits per heavy atom. The SMILES string of the molecule is NCC(=O)CC1CCC(Nc2cc(NC3CC3)c3ncc(C(=O)Nc4ccnc(F)c4)n3n2)CC1. The summed E-state index contributed by atoms with van der Waals surface area (Å²) in [6.45, 7) is 0.107. The number of nitrogens with two attached hydrogens (primary N) is 1. The van der Waals surface area contributed by atoms with E-state index in [0.29, 0.717) is 35.5 Å². The van der Waals surface area contributed by atoms with Gasteiger partial charge in [0.2, 0.25) is 5.95 Å². The normalized spacial score (nSPS) is 19.9. The molecule has 0 spiro atoms. The van der Waals surface area contributed by atoms with Crippen LogP contribution in [0.4, 0.5) is 21.6 Å². The summed E-state index contributed by atoms with van der Waals surface area (Å²) in [5.41, 5.74) is 7.36. The summed E-state index contributed by atoms with van der Waals surface area (Å²) in [6.07, 6.45) is 9.26. The predicted molar refractivity (Wildman–Crippen MR) is 130 cm³/mol. The third-order valence-corrected chi connectivity index (χ3v) is 6.56. The minimum Gasteiger partial charge on any atom is -0.379 e. The van der Waals surface area contributed by atoms with Gasteiger partial charge in [0.25, 0.3) is 5.91 Å². The number of nitrogens with zero attached hydrogens (tertiary/aromatic N) is 4. The highest BCUT2D eigenvalue weighted by Gasteiger charge is 2.26. The van der Waals surface area contributed by atoms with Crippen LogP contribution in [0.1, 0.15) is 55.4 Å². The zero-order valence-corrected chi connectivity index (χ0v) is 19.3. The molecule has 3 aromatic rings. The highest BCUT2D eigenvalue weighted by Crippen LogP contribution is 2.31. The van der Waals surface area contributed by atoms with Crippen molar-refractivity contribution < 1.29 is 14.0 Å². The summed E-state index contributed by atoms with van der Waals surface area (Å²) >= 11 is 0. The van der Waals surface area contributed by atoms with E-state index in [2.05, 4.69) is 31.0 Å². The molecule has 1 amide bonds. The number of ketones is 1. The van der Waals surface area contributed by atoms with E-state index in [9.17, 15) is 14.0 Å². The van der Waals surface area contributed by atoms with Crippen molar-refractivity contribution in [3.8, 4) is 0 Å². The third-order valence-electron chi connectivity index (χ3n) is 6.56. The van der Waals surface area contributed by atoms with Crippen LogP contribution < -0.4 is 21.7 Å². The molecule has 5 rings (SSSR count). The Labute approximate surface area is 201 Å². The molecule has 3 aromatic heterocycles. The molecule has 2 saturated carbocycles. The number of Topliss-reactive ketones (excluding diaryl/α,β-unsaturated/α-hetero) is 1. The first-order valence-corrected chi connectivity index (χ1v) is 12.0. The second-order valence-electron chi connectivity index (χ2n) is 9.37. The van der Waals surface area contributed by atoms with Crippen LogP contribution in [0.3, 0.4) is 0 Å². The minimum absolute atomic E-state index is 0.107. The maximum absolute atomic E-state index is 13.4. The number of imidazole rings is 1. The lowest BCUT2D eigenvalue weighted by Gasteiger charge is -2.29. The molecule has 0 radical (unpaired) electrons. The predicted octanol–water partition coefficient (Wildman–Crippen LogP) is 2.98. The van der Waals surface area contributed by atoms with Crippen molar-refractivity contribution in [1.82, 2.24) is 19.6 Å². The molecule has 0 bridgehead atoms. The Morgan fingerprint density at radius 1 is 1.06 bits per heavy atom. The zero-order valence-electron chi connectivity index (χ0n) is 19.3. The fourth-order valence-corrected chi connectivity index (χ4v) is 4.55. The molecule has 0 saturated heterocycles. The van der Waals surface area contributed by atoms with Gasteiger partial charge < -0.3 is 21.7 Å². The van der Waals surface area contributed by atoms with Crippen LogP contribution in [0, 0.1) is 11.9 Å². The first-order chi connectivity index (χ1) is 17.0. The number of aromatic nitrogens is 4. The van der Waals surface area contributed by atoms with Gasteiger partial charge >= 0.3 is 0 Å². The average molecular weight is 481 g/mol. The van der Waals surface area contributed by atoms with E-state index in [1.54, 1.807) is 0 Å². The Bertz CT molecular complexity index is 1230. The Morgan fingerprint density at radius 2 is 1.80 bits per heavy atom. The second kappa shape index (κ2) is 9.95. The average Bonchev–Trinajstić information content (AvgIpc) is 3.55. The largest absolute Gasteiger partial charge is 0.379 e. The Hall–Kier alpha value is -3.60. The van der Waals surface area contributed by atoms with Crippen LogP contribution in [-0.4, -0.2) is 49.9 Å². The van der Waals surface area contributed by atoms with Crippen molar-refractivity contribution in [2.75, 3.05) is 22.5 Å². The summed E-state index contributed by atoms with van der Waals surface area (Å²) in [5, 5.41) is 14.3. The number of rotatable bonds is 9. The monoisotopic (exact) mass is 480 g/mol. The Kier molecular flexibility index (Phi) is 6.58. The number of pyridine rings is 1. The van der Waals surface area contributed by atoms with Gasteiger partial charge in [0.1, 0.15) is 11.6 Å². The van der Waals surface area contributed by atoms with Crippen molar-refractivity contribution in [3.63, 3.8) is 0 Å². The molecule has 0 aliphatic heterocycles. The first-order valence-electron chi connectivity index (χ1n) is 12.0. The van der Waals surface area contributed by atoms with Gasteiger partial charge in [-0.05, 0) is 50.5 Å². The van der Waals surface area contributed by atoms with Gasteiger partial charge in [0, 0.05) is 42.5 Å². The maximum Gasteiger partial charge on any atom is 0.276 e. The standard InChI is InChI=1S/C24H29FN8O2/c25-21-10-17(7-8-27-21)31-24(35)20-13-28-23-19(29-15-5-6-15)11-22(32-33(20)23)30-16-3-1-14(2-4-16)9-18(34)12-26/h7-8,10-11,13-16,29H,1-6,9,12,26H2,(H,30,32)(H,27,31,35). The van der Waals surface area contributed by atoms with Gasteiger partial charge in [-0.1, -0.05) is 0 Å². The minimum atomic E-state index is -0.677. The molecule has 35 heavy (non-hydrogen) atoms. The number of hydrogen-bond acceptors (Lipinski definition) is 8. The van der Waals surface area contributed by atoms with Gasteiger partial charge in [0.05, 0.1) is 18.4 Å². The molecule has 184 valence electrons. The maximum atomic E-state index is 13.4. The van der Waals surface area contributed by atoms with E-state index < -0.39 is 11.9 Å². The summed E-state index contributed by atoms with van der Waals surface area (Å²) < 4.78 is 15.0. The van der Waals surface area contributed by atoms with Crippen molar-refractivity contribution in [3.05, 3.63) is 42.2 Å². The molecule has 10 nitrogen and oxygen atoms in total. The van der Waals surface area contributed by atoms with Gasteiger partial charge in [-0.15, -0.1) is 5.10 Å². The van der Waals surface area contributed by atoms with Gasteiger partial charge in [-0.3, -0.25) is 9.59 Å². The fourth-order valence-electron chi connectivity index (χ4n) is 4.55. The summed E-state index contributed by atoms with van der Waals surface area (Å²) in [7, 11) is 0. The molecule has 5 N–H and O–H groups in total. The molecule has 2 aliphatic rings. The smallest absolute Gasteiger partial charge is 0.276 e. The molecule has 0 unspecified atom stereocenters. The highest BCUT2D eigenvalue weighted by atomic mass is 19.1. The number of nitrogens with one attached hydrogen (secondary N) is 3. The number of anilines is 3. The van der Waals surface area contributed by atoms with Crippen LogP contribution in [0.5, 0.6) is 0 Å². The van der Waals surface area contributed by atoms with Crippen LogP contribution >= 0.6 is 0 Å². The van der Waals surface area contributed by atoms with E-state index in [4.69, 9.17) is 5.73 Å². The highest BCUT2D eigenvalue weighted by molar-refractivity contribution is 6.03. The van der Waals surface area contributed by atoms with E-state index >= 15 is 0 Å². The van der Waals surface area contributed by atoms with E-state index in [-0.39, 0.29) is 24.1 Å². The lowest BCUT2D eigenvalue weighted by molar-refractivity contribution is -0.118. The van der Waals surface area contributed by atoms with Gasteiger partial charge in [-0.2, -0.15) is 4.39 Å². The lowest BCUT2D eigenvalue weighted by atomic mass is 9.83. The number of fused-ring (bicyclic) bond motifs is 1. The topological polar surface area (TPSA) is 139 Å². The van der Waals surface area contributed by atoms with Crippen LogP contribution in [-0.2, 0) is 4.79 Å². The lowest BCUT2D eigenvalue weighted by Crippen LogP contribution is -2.29. The summed E-state index contributed by atoms with van der Waals surface area (Å²) in [5.74, 6) is 0.0151. The van der Waals surface area contributed by atoms with E-state index in [1.165, 1.54) is 23.0 Å². The number of halogens is 1. The van der Waals surface area contributed by atoms with Crippen molar-refractivity contribution in [2.24, 2.45) is 11.7 Å². The molecule has 3 heterocycles. The molecule has 2 fully saturated rings. The van der Waals surface area contributed by atoms with Crippen LogP contribution in [0.2, 0.25) is 0 Å². The van der Waals surface area contributed by atoms with Crippen molar-refractivity contribution in [1.29, 1.82) is 0 Å². The molecule has 0 aromatic carbocycles. The molecular formula is C24H29FN8O2. The van der Waals surface area contributed by atoms with Crippen LogP contribution in [0.15, 0.2) is 30.6 Å². The van der Waals surface area contributed by atoms with E-state index in [0.717, 1.165) is 50.3 Å². The number of carbonyl (C=O) groups excluding carboxylic acids is 2. The third kappa shape index (κ3) is 5.56.